The standard InChI is InChI=1S/C14H22N2O/c15-13(12-7-3-4-8-14(12)17)11-16-9-5-1-2-6-10-16/h3-4,7-8,13,17H,1-2,5-6,9-11,15H2. The van der Waals surface area contributed by atoms with E-state index in [1.165, 1.54) is 25.7 Å². The Morgan fingerprint density at radius 2 is 1.76 bits per heavy atom. The number of phenolic OH excluding ortho intramolecular Hbond substituents is 1. The van der Waals surface area contributed by atoms with Crippen LogP contribution in [0.1, 0.15) is 37.3 Å². The Balaban J connectivity index is 1.96. The fourth-order valence-corrected chi connectivity index (χ4v) is 2.50. The fraction of sp³-hybridized carbons (Fsp3) is 0.571. The van der Waals surface area contributed by atoms with Gasteiger partial charge in [-0.2, -0.15) is 0 Å². The van der Waals surface area contributed by atoms with Gasteiger partial charge in [-0.15, -0.1) is 0 Å². The van der Waals surface area contributed by atoms with Gasteiger partial charge in [-0.05, 0) is 32.0 Å². The predicted octanol–water partition coefficient (Wildman–Crippen LogP) is 2.27. The summed E-state index contributed by atoms with van der Waals surface area (Å²) in [6.07, 6.45) is 5.21. The molecule has 1 aromatic carbocycles. The van der Waals surface area contributed by atoms with Crippen LogP contribution in [0.4, 0.5) is 0 Å². The molecule has 0 saturated carbocycles. The van der Waals surface area contributed by atoms with E-state index in [0.717, 1.165) is 25.2 Å². The molecule has 3 heteroatoms. The molecule has 1 heterocycles. The van der Waals surface area contributed by atoms with Gasteiger partial charge in [0.25, 0.3) is 0 Å². The van der Waals surface area contributed by atoms with Gasteiger partial charge in [0.2, 0.25) is 0 Å². The average Bonchev–Trinajstić information content (AvgIpc) is 2.58. The molecule has 0 bridgehead atoms. The van der Waals surface area contributed by atoms with E-state index >= 15 is 0 Å². The highest BCUT2D eigenvalue weighted by atomic mass is 16.3. The Morgan fingerprint density at radius 3 is 2.41 bits per heavy atom. The first kappa shape index (κ1) is 12.4. The molecule has 1 unspecified atom stereocenters. The lowest BCUT2D eigenvalue weighted by Crippen LogP contribution is -2.33. The molecule has 2 rings (SSSR count). The van der Waals surface area contributed by atoms with Crippen molar-refractivity contribution in [1.29, 1.82) is 0 Å². The molecular formula is C14H22N2O. The maximum atomic E-state index is 9.77. The number of phenols is 1. The number of nitrogens with zero attached hydrogens (tertiary/aromatic N) is 1. The highest BCUT2D eigenvalue weighted by Crippen LogP contribution is 2.23. The number of likely N-dealkylation sites (tertiary alicyclic amines) is 1. The van der Waals surface area contributed by atoms with E-state index in [0.29, 0.717) is 5.75 Å². The van der Waals surface area contributed by atoms with E-state index < -0.39 is 0 Å². The van der Waals surface area contributed by atoms with Crippen molar-refractivity contribution in [2.75, 3.05) is 19.6 Å². The van der Waals surface area contributed by atoms with E-state index in [-0.39, 0.29) is 6.04 Å². The zero-order valence-electron chi connectivity index (χ0n) is 10.3. The third-order valence-corrected chi connectivity index (χ3v) is 3.49. The molecule has 17 heavy (non-hydrogen) atoms. The van der Waals surface area contributed by atoms with Gasteiger partial charge in [0.05, 0.1) is 0 Å². The molecule has 3 nitrogen and oxygen atoms in total. The molecule has 0 spiro atoms. The van der Waals surface area contributed by atoms with Crippen LogP contribution in [0.5, 0.6) is 5.75 Å². The van der Waals surface area contributed by atoms with Crippen LogP contribution < -0.4 is 5.73 Å². The van der Waals surface area contributed by atoms with Crippen LogP contribution in [-0.4, -0.2) is 29.6 Å². The highest BCUT2D eigenvalue weighted by Gasteiger charge is 2.16. The lowest BCUT2D eigenvalue weighted by atomic mass is 10.1. The second-order valence-electron chi connectivity index (χ2n) is 4.88. The normalized spacial score (nSPS) is 19.8. The Morgan fingerprint density at radius 1 is 1.12 bits per heavy atom. The topological polar surface area (TPSA) is 49.5 Å². The molecule has 0 amide bonds. The monoisotopic (exact) mass is 234 g/mol. The summed E-state index contributed by atoms with van der Waals surface area (Å²) in [4.78, 5) is 2.42. The molecule has 1 atom stereocenters. The Kier molecular flexibility index (Phi) is 4.40. The first-order valence-electron chi connectivity index (χ1n) is 6.53. The second kappa shape index (κ2) is 6.03. The summed E-state index contributed by atoms with van der Waals surface area (Å²) >= 11 is 0. The van der Waals surface area contributed by atoms with Crippen molar-refractivity contribution in [3.63, 3.8) is 0 Å². The number of benzene rings is 1. The number of aromatic hydroxyl groups is 1. The first-order valence-corrected chi connectivity index (χ1v) is 6.53. The largest absolute Gasteiger partial charge is 0.508 e. The Bertz CT molecular complexity index is 346. The van der Waals surface area contributed by atoms with Crippen molar-refractivity contribution in [3.05, 3.63) is 29.8 Å². The second-order valence-corrected chi connectivity index (χ2v) is 4.88. The molecular weight excluding hydrogens is 212 g/mol. The van der Waals surface area contributed by atoms with Crippen molar-refractivity contribution in [1.82, 2.24) is 4.90 Å². The maximum Gasteiger partial charge on any atom is 0.120 e. The quantitative estimate of drug-likeness (QED) is 0.843. The molecule has 1 fully saturated rings. The van der Waals surface area contributed by atoms with Crippen LogP contribution >= 0.6 is 0 Å². The summed E-state index contributed by atoms with van der Waals surface area (Å²) in [6.45, 7) is 3.13. The van der Waals surface area contributed by atoms with E-state index in [4.69, 9.17) is 5.73 Å². The number of nitrogens with two attached hydrogens (primary N) is 1. The Labute approximate surface area is 103 Å². The zero-order chi connectivity index (χ0) is 12.1. The molecule has 0 aromatic heterocycles. The Hall–Kier alpha value is -1.06. The van der Waals surface area contributed by atoms with Crippen molar-refractivity contribution in [3.8, 4) is 5.75 Å². The van der Waals surface area contributed by atoms with Gasteiger partial charge in [0.1, 0.15) is 5.75 Å². The minimum absolute atomic E-state index is 0.0886. The van der Waals surface area contributed by atoms with Gasteiger partial charge < -0.3 is 15.7 Å². The van der Waals surface area contributed by atoms with Crippen LogP contribution in [0.2, 0.25) is 0 Å². The maximum absolute atomic E-state index is 9.77. The van der Waals surface area contributed by atoms with Crippen molar-refractivity contribution >= 4 is 0 Å². The highest BCUT2D eigenvalue weighted by molar-refractivity contribution is 5.34. The van der Waals surface area contributed by atoms with Crippen LogP contribution in [0.3, 0.4) is 0 Å². The summed E-state index contributed by atoms with van der Waals surface area (Å²) in [6, 6.07) is 7.29. The molecule has 1 aliphatic rings. The van der Waals surface area contributed by atoms with Gasteiger partial charge in [0.15, 0.2) is 0 Å². The van der Waals surface area contributed by atoms with Gasteiger partial charge in [-0.25, -0.2) is 0 Å². The number of hydrogen-bond donors (Lipinski definition) is 2. The predicted molar refractivity (Wildman–Crippen MR) is 69.9 cm³/mol. The van der Waals surface area contributed by atoms with Crippen LogP contribution in [-0.2, 0) is 0 Å². The number of para-hydroxylation sites is 1. The lowest BCUT2D eigenvalue weighted by molar-refractivity contribution is 0.266. The van der Waals surface area contributed by atoms with Crippen molar-refractivity contribution in [2.24, 2.45) is 5.73 Å². The third-order valence-electron chi connectivity index (χ3n) is 3.49. The van der Waals surface area contributed by atoms with Crippen molar-refractivity contribution in [2.45, 2.75) is 31.7 Å². The van der Waals surface area contributed by atoms with Gasteiger partial charge in [-0.3, -0.25) is 0 Å². The van der Waals surface area contributed by atoms with E-state index in [9.17, 15) is 5.11 Å². The summed E-state index contributed by atoms with van der Waals surface area (Å²) < 4.78 is 0. The minimum atomic E-state index is -0.0886. The number of hydrogen-bond acceptors (Lipinski definition) is 3. The summed E-state index contributed by atoms with van der Waals surface area (Å²) in [5.74, 6) is 0.315. The fourth-order valence-electron chi connectivity index (χ4n) is 2.50. The molecule has 1 aliphatic heterocycles. The SMILES string of the molecule is NC(CN1CCCCCC1)c1ccccc1O. The van der Waals surface area contributed by atoms with Crippen LogP contribution in [0, 0.1) is 0 Å². The van der Waals surface area contributed by atoms with Crippen molar-refractivity contribution < 1.29 is 5.11 Å². The summed E-state index contributed by atoms with van der Waals surface area (Å²) in [5.41, 5.74) is 7.03. The van der Waals surface area contributed by atoms with E-state index in [2.05, 4.69) is 4.90 Å². The number of rotatable bonds is 3. The molecule has 94 valence electrons. The zero-order valence-corrected chi connectivity index (χ0v) is 10.3. The molecule has 0 aliphatic carbocycles. The van der Waals surface area contributed by atoms with Crippen LogP contribution in [0.25, 0.3) is 0 Å². The third kappa shape index (κ3) is 3.45. The van der Waals surface area contributed by atoms with Gasteiger partial charge in [-0.1, -0.05) is 31.0 Å². The summed E-state index contributed by atoms with van der Waals surface area (Å²) in [5, 5.41) is 9.77. The summed E-state index contributed by atoms with van der Waals surface area (Å²) in [7, 11) is 0. The average molecular weight is 234 g/mol. The van der Waals surface area contributed by atoms with Gasteiger partial charge >= 0.3 is 0 Å². The van der Waals surface area contributed by atoms with E-state index in [1.807, 2.05) is 18.2 Å². The minimum Gasteiger partial charge on any atom is -0.508 e. The van der Waals surface area contributed by atoms with Crippen LogP contribution in [0.15, 0.2) is 24.3 Å². The molecule has 3 N–H and O–H groups in total. The lowest BCUT2D eigenvalue weighted by Gasteiger charge is -2.24. The molecule has 1 aromatic rings. The van der Waals surface area contributed by atoms with E-state index in [1.54, 1.807) is 6.07 Å². The first-order chi connectivity index (χ1) is 8.27. The smallest absolute Gasteiger partial charge is 0.120 e. The molecule has 0 radical (unpaired) electrons. The molecule has 1 saturated heterocycles. The van der Waals surface area contributed by atoms with Gasteiger partial charge in [0, 0.05) is 18.2 Å².